The second-order valence-electron chi connectivity index (χ2n) is 12.2. The van der Waals surface area contributed by atoms with Crippen molar-refractivity contribution in [2.24, 2.45) is 0 Å². The molecular formula is C44H27N3S. The molecule has 0 amide bonds. The lowest BCUT2D eigenvalue weighted by atomic mass is 10.0. The minimum Gasteiger partial charge on any atom is -0.278 e. The third-order valence-electron chi connectivity index (χ3n) is 9.44. The molecule has 0 aliphatic carbocycles. The Balaban J connectivity index is 1.18. The van der Waals surface area contributed by atoms with E-state index in [2.05, 4.69) is 162 Å². The van der Waals surface area contributed by atoms with Crippen molar-refractivity contribution in [2.45, 2.75) is 0 Å². The van der Waals surface area contributed by atoms with Gasteiger partial charge >= 0.3 is 0 Å². The van der Waals surface area contributed by atoms with Crippen molar-refractivity contribution < 1.29 is 0 Å². The maximum absolute atomic E-state index is 5.34. The lowest BCUT2D eigenvalue weighted by Crippen LogP contribution is -2.03. The molecule has 224 valence electrons. The second kappa shape index (κ2) is 10.7. The molecule has 0 bridgehead atoms. The van der Waals surface area contributed by atoms with Gasteiger partial charge in [-0.1, -0.05) is 127 Å². The Bertz CT molecular complexity index is 2830. The first-order valence-electron chi connectivity index (χ1n) is 16.2. The van der Waals surface area contributed by atoms with Crippen molar-refractivity contribution in [3.63, 3.8) is 0 Å². The molecule has 0 atom stereocenters. The number of hydrogen-bond acceptors (Lipinski definition) is 3. The summed E-state index contributed by atoms with van der Waals surface area (Å²) in [6.07, 6.45) is 0. The van der Waals surface area contributed by atoms with Crippen molar-refractivity contribution in [1.29, 1.82) is 0 Å². The van der Waals surface area contributed by atoms with Crippen LogP contribution < -0.4 is 0 Å². The average Bonchev–Trinajstić information content (AvgIpc) is 3.70. The zero-order valence-corrected chi connectivity index (χ0v) is 26.7. The molecular weight excluding hydrogens is 603 g/mol. The van der Waals surface area contributed by atoms with Gasteiger partial charge in [0.2, 0.25) is 5.95 Å². The maximum atomic E-state index is 5.34. The molecule has 3 nitrogen and oxygen atoms in total. The van der Waals surface area contributed by atoms with E-state index in [4.69, 9.17) is 9.97 Å². The highest BCUT2D eigenvalue weighted by molar-refractivity contribution is 7.25. The van der Waals surface area contributed by atoms with Crippen LogP contribution in [-0.4, -0.2) is 14.5 Å². The van der Waals surface area contributed by atoms with Crippen LogP contribution in [0.15, 0.2) is 164 Å². The van der Waals surface area contributed by atoms with Gasteiger partial charge in [-0.15, -0.1) is 11.3 Å². The highest BCUT2D eigenvalue weighted by Crippen LogP contribution is 2.39. The number of nitrogens with zero attached hydrogens (tertiary/aromatic N) is 3. The Labute approximate surface area is 281 Å². The number of fused-ring (bicyclic) bond motifs is 7. The Morgan fingerprint density at radius 1 is 0.375 bits per heavy atom. The summed E-state index contributed by atoms with van der Waals surface area (Å²) in [6, 6.07) is 58.4. The lowest BCUT2D eigenvalue weighted by molar-refractivity contribution is 1.01. The van der Waals surface area contributed by atoms with Crippen LogP contribution in [-0.2, 0) is 0 Å². The minimum absolute atomic E-state index is 0.665. The van der Waals surface area contributed by atoms with Crippen LogP contribution in [0, 0.1) is 0 Å². The quantitative estimate of drug-likeness (QED) is 0.194. The zero-order chi connectivity index (χ0) is 31.6. The van der Waals surface area contributed by atoms with Crippen LogP contribution in [0.25, 0.3) is 92.3 Å². The smallest absolute Gasteiger partial charge is 0.235 e. The molecule has 10 rings (SSSR count). The van der Waals surface area contributed by atoms with E-state index < -0.39 is 0 Å². The molecule has 0 radical (unpaired) electrons. The number of benzene rings is 7. The first-order valence-corrected chi connectivity index (χ1v) is 17.0. The fourth-order valence-corrected chi connectivity index (χ4v) is 8.19. The van der Waals surface area contributed by atoms with Crippen molar-refractivity contribution in [3.8, 4) is 39.5 Å². The Hall–Kier alpha value is -6.10. The number of thiophene rings is 1. The highest BCUT2D eigenvalue weighted by Gasteiger charge is 2.18. The lowest BCUT2D eigenvalue weighted by Gasteiger charge is -2.12. The molecule has 48 heavy (non-hydrogen) atoms. The molecule has 0 saturated heterocycles. The van der Waals surface area contributed by atoms with Crippen LogP contribution in [0.1, 0.15) is 0 Å². The Kier molecular flexibility index (Phi) is 6.05. The predicted octanol–water partition coefficient (Wildman–Crippen LogP) is 12.1. The Morgan fingerprint density at radius 2 is 0.979 bits per heavy atom. The van der Waals surface area contributed by atoms with E-state index in [-0.39, 0.29) is 0 Å². The van der Waals surface area contributed by atoms with Crippen molar-refractivity contribution >= 4 is 64.2 Å². The van der Waals surface area contributed by atoms with Gasteiger partial charge < -0.3 is 0 Å². The number of rotatable bonds is 4. The summed E-state index contributed by atoms with van der Waals surface area (Å²) in [4.78, 5) is 10.5. The van der Waals surface area contributed by atoms with Crippen molar-refractivity contribution in [1.82, 2.24) is 14.5 Å². The van der Waals surface area contributed by atoms with Gasteiger partial charge in [-0.2, -0.15) is 0 Å². The number of hydrogen-bond donors (Lipinski definition) is 0. The summed E-state index contributed by atoms with van der Waals surface area (Å²) in [5.74, 6) is 0.665. The van der Waals surface area contributed by atoms with Gasteiger partial charge in [-0.3, -0.25) is 4.57 Å². The summed E-state index contributed by atoms with van der Waals surface area (Å²) in [7, 11) is 0. The molecule has 0 aliphatic heterocycles. The van der Waals surface area contributed by atoms with Gasteiger partial charge in [0.05, 0.1) is 22.2 Å². The first-order chi connectivity index (χ1) is 23.8. The molecule has 4 heteroatoms. The fourth-order valence-electron chi connectivity index (χ4n) is 7.11. The number of aromatic nitrogens is 3. The molecule has 7 aromatic carbocycles. The largest absolute Gasteiger partial charge is 0.278 e. The second-order valence-corrected chi connectivity index (χ2v) is 13.3. The monoisotopic (exact) mass is 629 g/mol. The van der Waals surface area contributed by atoms with Gasteiger partial charge in [0, 0.05) is 41.9 Å². The van der Waals surface area contributed by atoms with E-state index in [1.54, 1.807) is 0 Å². The SMILES string of the molecule is c1ccc(-c2ccc(-c3nc(-n4c5ccccc5c5ccc(-c6ccc7sc8ccccc8c7c6)cc54)nc4ccccc34)cc2)cc1. The summed E-state index contributed by atoms with van der Waals surface area (Å²) >= 11 is 1.85. The minimum atomic E-state index is 0.665. The maximum Gasteiger partial charge on any atom is 0.235 e. The molecule has 0 unspecified atom stereocenters. The topological polar surface area (TPSA) is 30.7 Å². The van der Waals surface area contributed by atoms with Crippen molar-refractivity contribution in [2.75, 3.05) is 0 Å². The zero-order valence-electron chi connectivity index (χ0n) is 25.8. The number of para-hydroxylation sites is 2. The summed E-state index contributed by atoms with van der Waals surface area (Å²) in [5.41, 5.74) is 9.82. The standard InChI is InChI=1S/C44H27N3S/c1-2-10-28(11-3-1)29-18-20-30(21-19-29)43-36-14-4-7-15-38(36)45-44(46-43)47-39-16-8-5-12-33(39)34-24-22-32(27-40(34)47)31-23-25-42-37(26-31)35-13-6-9-17-41(35)48-42/h1-27H. The van der Waals surface area contributed by atoms with Crippen LogP contribution in [0.2, 0.25) is 0 Å². The van der Waals surface area contributed by atoms with Gasteiger partial charge in [0.15, 0.2) is 0 Å². The van der Waals surface area contributed by atoms with E-state index in [9.17, 15) is 0 Å². The van der Waals surface area contributed by atoms with Crippen LogP contribution >= 0.6 is 11.3 Å². The van der Waals surface area contributed by atoms with E-state index in [1.165, 1.54) is 53.2 Å². The molecule has 3 aromatic heterocycles. The Morgan fingerprint density at radius 3 is 1.85 bits per heavy atom. The van der Waals surface area contributed by atoms with Crippen LogP contribution in [0.5, 0.6) is 0 Å². The summed E-state index contributed by atoms with van der Waals surface area (Å²) in [5, 5.41) is 6.01. The third kappa shape index (κ3) is 4.27. The third-order valence-corrected chi connectivity index (χ3v) is 10.6. The van der Waals surface area contributed by atoms with Crippen LogP contribution in [0.4, 0.5) is 0 Å². The average molecular weight is 630 g/mol. The van der Waals surface area contributed by atoms with Gasteiger partial charge in [-0.25, -0.2) is 9.97 Å². The molecule has 0 fully saturated rings. The molecule has 3 heterocycles. The molecule has 0 spiro atoms. The van der Waals surface area contributed by atoms with Gasteiger partial charge in [-0.05, 0) is 58.7 Å². The van der Waals surface area contributed by atoms with Crippen molar-refractivity contribution in [3.05, 3.63) is 164 Å². The van der Waals surface area contributed by atoms with Gasteiger partial charge in [0.1, 0.15) is 0 Å². The van der Waals surface area contributed by atoms with E-state index >= 15 is 0 Å². The predicted molar refractivity (Wildman–Crippen MR) is 203 cm³/mol. The fraction of sp³-hybridized carbons (Fsp3) is 0. The van der Waals surface area contributed by atoms with E-state index in [0.717, 1.165) is 33.2 Å². The summed E-state index contributed by atoms with van der Waals surface area (Å²) in [6.45, 7) is 0. The van der Waals surface area contributed by atoms with E-state index in [1.807, 2.05) is 17.4 Å². The molecule has 0 aliphatic rings. The molecule has 0 N–H and O–H groups in total. The summed E-state index contributed by atoms with van der Waals surface area (Å²) < 4.78 is 4.87. The van der Waals surface area contributed by atoms with Crippen LogP contribution in [0.3, 0.4) is 0 Å². The highest BCUT2D eigenvalue weighted by atomic mass is 32.1. The first kappa shape index (κ1) is 27.1. The molecule has 0 saturated carbocycles. The normalized spacial score (nSPS) is 11.8. The van der Waals surface area contributed by atoms with Gasteiger partial charge in [0.25, 0.3) is 0 Å². The molecule has 10 aromatic rings. The van der Waals surface area contributed by atoms with E-state index in [0.29, 0.717) is 5.95 Å².